The second kappa shape index (κ2) is 2.97. The van der Waals surface area contributed by atoms with Crippen LogP contribution in [0.25, 0.3) is 0 Å². The van der Waals surface area contributed by atoms with Gasteiger partial charge in [-0.05, 0) is 36.7 Å². The first kappa shape index (κ1) is 8.98. The molecule has 1 nitrogen and oxygen atoms in total. The summed E-state index contributed by atoms with van der Waals surface area (Å²) >= 11 is 0. The van der Waals surface area contributed by atoms with Gasteiger partial charge in [-0.15, -0.1) is 0 Å². The van der Waals surface area contributed by atoms with E-state index in [1.54, 1.807) is 0 Å². The zero-order chi connectivity index (χ0) is 9.59. The van der Waals surface area contributed by atoms with Gasteiger partial charge in [-0.3, -0.25) is 4.79 Å². The Bertz CT molecular complexity index is 275. The lowest BCUT2D eigenvalue weighted by molar-refractivity contribution is -0.118. The number of hydrogen-bond donors (Lipinski definition) is 0. The van der Waals surface area contributed by atoms with Crippen LogP contribution in [-0.2, 0) is 4.79 Å². The summed E-state index contributed by atoms with van der Waals surface area (Å²) < 4.78 is 0. The molecule has 2 aliphatic carbocycles. The molecule has 0 spiro atoms. The first-order valence-electron chi connectivity index (χ1n) is 5.37. The molecule has 3 unspecified atom stereocenters. The second-order valence-electron chi connectivity index (χ2n) is 4.79. The van der Waals surface area contributed by atoms with Crippen molar-refractivity contribution in [3.63, 3.8) is 0 Å². The summed E-state index contributed by atoms with van der Waals surface area (Å²) in [5, 5.41) is 0. The highest BCUT2D eigenvalue weighted by molar-refractivity contribution is 6.01. The predicted octanol–water partition coefficient (Wildman–Crippen LogP) is 2.96. The molecule has 13 heavy (non-hydrogen) atoms. The Kier molecular flexibility index (Phi) is 2.05. The lowest BCUT2D eigenvalue weighted by Crippen LogP contribution is -2.10. The summed E-state index contributed by atoms with van der Waals surface area (Å²) in [6.07, 6.45) is 3.43. The number of hydrogen-bond acceptors (Lipinski definition) is 1. The van der Waals surface area contributed by atoms with Gasteiger partial charge in [0, 0.05) is 5.92 Å². The Labute approximate surface area is 80.2 Å². The monoisotopic (exact) mass is 178 g/mol. The molecule has 0 amide bonds. The minimum atomic E-state index is 0.260. The summed E-state index contributed by atoms with van der Waals surface area (Å²) in [4.78, 5) is 11.8. The molecule has 0 fully saturated rings. The summed E-state index contributed by atoms with van der Waals surface area (Å²) in [6.45, 7) is 6.59. The summed E-state index contributed by atoms with van der Waals surface area (Å²) in [5.74, 6) is 2.01. The normalized spacial score (nSPS) is 39.6. The highest BCUT2D eigenvalue weighted by Crippen LogP contribution is 2.43. The number of carbonyl (C=O) groups excluding carboxylic acids is 1. The minimum Gasteiger partial charge on any atom is -0.294 e. The lowest BCUT2D eigenvalue weighted by Gasteiger charge is -2.21. The smallest absolute Gasteiger partial charge is 0.162 e. The highest BCUT2D eigenvalue weighted by Gasteiger charge is 2.37. The fraction of sp³-hybridized carbons (Fsp3) is 0.750. The molecule has 0 radical (unpaired) electrons. The van der Waals surface area contributed by atoms with Crippen LogP contribution in [0.4, 0.5) is 0 Å². The van der Waals surface area contributed by atoms with Gasteiger partial charge in [0.05, 0.1) is 0 Å². The molecule has 0 saturated heterocycles. The van der Waals surface area contributed by atoms with Gasteiger partial charge in [0.1, 0.15) is 0 Å². The first-order chi connectivity index (χ1) is 6.11. The predicted molar refractivity (Wildman–Crippen MR) is 53.4 cm³/mol. The van der Waals surface area contributed by atoms with Gasteiger partial charge in [-0.2, -0.15) is 0 Å². The van der Waals surface area contributed by atoms with Crippen LogP contribution in [-0.4, -0.2) is 5.78 Å². The molecule has 0 heterocycles. The molecule has 1 heteroatoms. The van der Waals surface area contributed by atoms with Crippen molar-refractivity contribution in [1.82, 2.24) is 0 Å². The zero-order valence-corrected chi connectivity index (χ0v) is 8.76. The molecule has 0 aromatic carbocycles. The van der Waals surface area contributed by atoms with E-state index in [9.17, 15) is 4.79 Å². The van der Waals surface area contributed by atoms with Crippen molar-refractivity contribution in [2.24, 2.45) is 17.8 Å². The number of allylic oxidation sites excluding steroid dienone is 2. The Morgan fingerprint density at radius 3 is 2.54 bits per heavy atom. The molecule has 72 valence electrons. The molecule has 0 aliphatic heterocycles. The van der Waals surface area contributed by atoms with Crippen LogP contribution in [0, 0.1) is 17.8 Å². The summed E-state index contributed by atoms with van der Waals surface area (Å²) in [6, 6.07) is 0. The second-order valence-corrected chi connectivity index (χ2v) is 4.79. The minimum absolute atomic E-state index is 0.260. The van der Waals surface area contributed by atoms with Gasteiger partial charge < -0.3 is 0 Å². The third-order valence-electron chi connectivity index (χ3n) is 3.85. The van der Waals surface area contributed by atoms with Crippen molar-refractivity contribution in [3.8, 4) is 0 Å². The van der Waals surface area contributed by atoms with Crippen molar-refractivity contribution in [2.75, 3.05) is 0 Å². The standard InChI is InChI=1S/C12H18O/c1-7-4-5-10-11(6-7)8(2)9(3)12(10)13/h7-9H,4-6H2,1-3H3. The van der Waals surface area contributed by atoms with Crippen molar-refractivity contribution >= 4 is 5.78 Å². The average molecular weight is 178 g/mol. The number of ketones is 1. The van der Waals surface area contributed by atoms with Crippen molar-refractivity contribution < 1.29 is 4.79 Å². The quantitative estimate of drug-likeness (QED) is 0.557. The van der Waals surface area contributed by atoms with Gasteiger partial charge in [-0.1, -0.05) is 26.3 Å². The molecule has 3 atom stereocenters. The van der Waals surface area contributed by atoms with Crippen LogP contribution in [0.2, 0.25) is 0 Å². The van der Waals surface area contributed by atoms with Gasteiger partial charge in [0.25, 0.3) is 0 Å². The Balaban J connectivity index is 2.32. The van der Waals surface area contributed by atoms with Crippen LogP contribution in [0.1, 0.15) is 40.0 Å². The van der Waals surface area contributed by atoms with Gasteiger partial charge in [-0.25, -0.2) is 0 Å². The fourth-order valence-corrected chi connectivity index (χ4v) is 2.70. The van der Waals surface area contributed by atoms with E-state index in [-0.39, 0.29) is 5.92 Å². The van der Waals surface area contributed by atoms with Crippen molar-refractivity contribution in [3.05, 3.63) is 11.1 Å². The van der Waals surface area contributed by atoms with E-state index >= 15 is 0 Å². The van der Waals surface area contributed by atoms with Gasteiger partial charge in [0.15, 0.2) is 5.78 Å². The third-order valence-corrected chi connectivity index (χ3v) is 3.85. The first-order valence-corrected chi connectivity index (χ1v) is 5.37. The SMILES string of the molecule is CC1CCC2=C(C1)C(C)C(C)C2=O. The maximum atomic E-state index is 11.8. The molecular weight excluding hydrogens is 160 g/mol. The number of carbonyl (C=O) groups is 1. The largest absolute Gasteiger partial charge is 0.294 e. The lowest BCUT2D eigenvalue weighted by atomic mass is 9.83. The van der Waals surface area contributed by atoms with E-state index in [0.29, 0.717) is 11.7 Å². The maximum Gasteiger partial charge on any atom is 0.162 e. The van der Waals surface area contributed by atoms with E-state index in [2.05, 4.69) is 20.8 Å². The van der Waals surface area contributed by atoms with Gasteiger partial charge in [0.2, 0.25) is 0 Å². The maximum absolute atomic E-state index is 11.8. The van der Waals surface area contributed by atoms with E-state index in [1.165, 1.54) is 24.0 Å². The molecule has 2 aliphatic rings. The highest BCUT2D eigenvalue weighted by atomic mass is 16.1. The average Bonchev–Trinajstić information content (AvgIpc) is 2.32. The van der Waals surface area contributed by atoms with E-state index in [1.807, 2.05) is 0 Å². The molecule has 0 bridgehead atoms. The number of rotatable bonds is 0. The molecule has 2 rings (SSSR count). The van der Waals surface area contributed by atoms with Crippen molar-refractivity contribution in [2.45, 2.75) is 40.0 Å². The third kappa shape index (κ3) is 1.25. The van der Waals surface area contributed by atoms with E-state index in [4.69, 9.17) is 0 Å². The fourth-order valence-electron chi connectivity index (χ4n) is 2.70. The summed E-state index contributed by atoms with van der Waals surface area (Å²) in [7, 11) is 0. The summed E-state index contributed by atoms with van der Waals surface area (Å²) in [5.41, 5.74) is 2.68. The van der Waals surface area contributed by atoms with Crippen molar-refractivity contribution in [1.29, 1.82) is 0 Å². The Morgan fingerprint density at radius 1 is 1.15 bits per heavy atom. The number of Topliss-reactive ketones (excluding diaryl/α,β-unsaturated/α-hetero) is 1. The molecule has 0 N–H and O–H groups in total. The molecule has 0 saturated carbocycles. The van der Waals surface area contributed by atoms with E-state index < -0.39 is 0 Å². The Hall–Kier alpha value is -0.590. The van der Waals surface area contributed by atoms with Crippen LogP contribution >= 0.6 is 0 Å². The molecule has 0 aromatic rings. The molecular formula is C12H18O. The van der Waals surface area contributed by atoms with Crippen LogP contribution in [0.3, 0.4) is 0 Å². The van der Waals surface area contributed by atoms with E-state index in [0.717, 1.165) is 12.3 Å². The van der Waals surface area contributed by atoms with Crippen LogP contribution in [0.5, 0.6) is 0 Å². The van der Waals surface area contributed by atoms with Gasteiger partial charge >= 0.3 is 0 Å². The molecule has 0 aromatic heterocycles. The van der Waals surface area contributed by atoms with Crippen LogP contribution in [0.15, 0.2) is 11.1 Å². The Morgan fingerprint density at radius 2 is 1.85 bits per heavy atom. The zero-order valence-electron chi connectivity index (χ0n) is 8.76. The topological polar surface area (TPSA) is 17.1 Å². The van der Waals surface area contributed by atoms with Crippen LogP contribution < -0.4 is 0 Å².